The minimum absolute atomic E-state index is 0.200. The van der Waals surface area contributed by atoms with E-state index in [2.05, 4.69) is 0 Å². The van der Waals surface area contributed by atoms with E-state index in [-0.39, 0.29) is 11.6 Å². The summed E-state index contributed by atoms with van der Waals surface area (Å²) in [5.74, 6) is -0.983. The summed E-state index contributed by atoms with van der Waals surface area (Å²) < 4.78 is 2.05. The van der Waals surface area contributed by atoms with Crippen molar-refractivity contribution in [3.63, 3.8) is 0 Å². The predicted molar refractivity (Wildman–Crippen MR) is 69.4 cm³/mol. The summed E-state index contributed by atoms with van der Waals surface area (Å²) in [7, 11) is 0. The minimum atomic E-state index is -0.983. The first-order valence-corrected chi connectivity index (χ1v) is 5.80. The topological polar surface area (TPSA) is 59.3 Å². The summed E-state index contributed by atoms with van der Waals surface area (Å²) in [5, 5.41) is 9.70. The molecule has 18 heavy (non-hydrogen) atoms. The highest BCUT2D eigenvalue weighted by atomic mass is 16.4. The molecule has 0 spiro atoms. The number of hydrogen-bond acceptors (Lipinski definition) is 2. The summed E-state index contributed by atoms with van der Waals surface area (Å²) in [6.07, 6.45) is 0.794. The molecule has 2 aromatic rings. The number of carbonyl (C=O) groups excluding carboxylic acids is 1. The molecule has 4 heteroatoms. The summed E-state index contributed by atoms with van der Waals surface area (Å²) in [6, 6.07) is 5.11. The van der Waals surface area contributed by atoms with Gasteiger partial charge in [-0.2, -0.15) is 0 Å². The SMILES string of the molecule is Cc1c(C=O)c2cc(C(=O)O)ccc2n1C(C)C. The van der Waals surface area contributed by atoms with Crippen LogP contribution in [0.1, 0.15) is 46.3 Å². The molecule has 0 aliphatic carbocycles. The Bertz CT molecular complexity index is 638. The third-order valence-electron chi connectivity index (χ3n) is 3.18. The lowest BCUT2D eigenvalue weighted by atomic mass is 10.1. The smallest absolute Gasteiger partial charge is 0.335 e. The lowest BCUT2D eigenvalue weighted by Gasteiger charge is -2.12. The van der Waals surface area contributed by atoms with E-state index in [9.17, 15) is 9.59 Å². The Morgan fingerprint density at radius 2 is 2.06 bits per heavy atom. The van der Waals surface area contributed by atoms with E-state index in [1.807, 2.05) is 25.3 Å². The van der Waals surface area contributed by atoms with E-state index in [0.29, 0.717) is 10.9 Å². The molecule has 0 atom stereocenters. The van der Waals surface area contributed by atoms with Gasteiger partial charge >= 0.3 is 5.97 Å². The van der Waals surface area contributed by atoms with Gasteiger partial charge in [0, 0.05) is 28.2 Å². The van der Waals surface area contributed by atoms with E-state index < -0.39 is 5.97 Å². The third-order valence-corrected chi connectivity index (χ3v) is 3.18. The van der Waals surface area contributed by atoms with E-state index in [1.54, 1.807) is 18.2 Å². The molecule has 1 N–H and O–H groups in total. The fourth-order valence-corrected chi connectivity index (χ4v) is 2.41. The number of carboxylic acid groups (broad SMARTS) is 1. The molecule has 0 unspecified atom stereocenters. The molecule has 0 radical (unpaired) electrons. The van der Waals surface area contributed by atoms with Gasteiger partial charge in [-0.05, 0) is 39.0 Å². The van der Waals surface area contributed by atoms with Gasteiger partial charge < -0.3 is 9.67 Å². The molecule has 1 heterocycles. The van der Waals surface area contributed by atoms with E-state index in [1.165, 1.54) is 0 Å². The van der Waals surface area contributed by atoms with Crippen molar-refractivity contribution in [3.05, 3.63) is 35.0 Å². The Balaban J connectivity index is 2.86. The lowest BCUT2D eigenvalue weighted by Crippen LogP contribution is -2.03. The third kappa shape index (κ3) is 1.70. The number of carbonyl (C=O) groups is 2. The zero-order chi connectivity index (χ0) is 13.4. The van der Waals surface area contributed by atoms with Crippen LogP contribution in [0, 0.1) is 6.92 Å². The summed E-state index contributed by atoms with van der Waals surface area (Å²) >= 11 is 0. The highest BCUT2D eigenvalue weighted by molar-refractivity contribution is 6.02. The van der Waals surface area contributed by atoms with Gasteiger partial charge in [0.15, 0.2) is 6.29 Å². The molecule has 0 saturated carbocycles. The molecule has 0 bridgehead atoms. The van der Waals surface area contributed by atoms with Crippen molar-refractivity contribution < 1.29 is 14.7 Å². The number of benzene rings is 1. The Hall–Kier alpha value is -2.10. The number of aromatic carboxylic acids is 1. The van der Waals surface area contributed by atoms with Gasteiger partial charge in [-0.1, -0.05) is 0 Å². The van der Waals surface area contributed by atoms with Crippen LogP contribution < -0.4 is 0 Å². The number of rotatable bonds is 3. The summed E-state index contributed by atoms with van der Waals surface area (Å²) in [5.41, 5.74) is 2.54. The Morgan fingerprint density at radius 3 is 2.56 bits per heavy atom. The molecule has 94 valence electrons. The first kappa shape index (κ1) is 12.4. The van der Waals surface area contributed by atoms with E-state index >= 15 is 0 Å². The maximum Gasteiger partial charge on any atom is 0.335 e. The zero-order valence-corrected chi connectivity index (χ0v) is 10.6. The highest BCUT2D eigenvalue weighted by Crippen LogP contribution is 2.28. The van der Waals surface area contributed by atoms with Gasteiger partial charge in [0.1, 0.15) is 0 Å². The lowest BCUT2D eigenvalue weighted by molar-refractivity contribution is 0.0697. The molecule has 2 rings (SSSR count). The van der Waals surface area contributed by atoms with E-state index in [4.69, 9.17) is 5.11 Å². The van der Waals surface area contributed by atoms with Crippen molar-refractivity contribution in [3.8, 4) is 0 Å². The van der Waals surface area contributed by atoms with Gasteiger partial charge in [0.2, 0.25) is 0 Å². The average Bonchev–Trinajstić information content (AvgIpc) is 2.59. The van der Waals surface area contributed by atoms with Crippen LogP contribution in [0.2, 0.25) is 0 Å². The number of nitrogens with zero attached hydrogens (tertiary/aromatic N) is 1. The first-order valence-electron chi connectivity index (χ1n) is 5.80. The first-order chi connectivity index (χ1) is 8.47. The van der Waals surface area contributed by atoms with Crippen molar-refractivity contribution in [1.82, 2.24) is 4.57 Å². The highest BCUT2D eigenvalue weighted by Gasteiger charge is 2.16. The largest absolute Gasteiger partial charge is 0.478 e. The van der Waals surface area contributed by atoms with Gasteiger partial charge in [0.25, 0.3) is 0 Å². The quantitative estimate of drug-likeness (QED) is 0.845. The van der Waals surface area contributed by atoms with Crippen LogP contribution in [0.4, 0.5) is 0 Å². The number of aromatic nitrogens is 1. The number of aldehydes is 1. The van der Waals surface area contributed by atoms with Crippen molar-refractivity contribution in [2.45, 2.75) is 26.8 Å². The van der Waals surface area contributed by atoms with Crippen LogP contribution in [0.3, 0.4) is 0 Å². The molecule has 1 aromatic carbocycles. The standard InChI is InChI=1S/C14H15NO3/c1-8(2)15-9(3)12(7-16)11-6-10(14(17)18)4-5-13(11)15/h4-8H,1-3H3,(H,17,18). The van der Waals surface area contributed by atoms with Gasteiger partial charge in [-0.25, -0.2) is 4.79 Å². The second-order valence-corrected chi connectivity index (χ2v) is 4.62. The van der Waals surface area contributed by atoms with Gasteiger partial charge in [0.05, 0.1) is 5.56 Å². The Kier molecular flexibility index (Phi) is 2.95. The minimum Gasteiger partial charge on any atom is -0.478 e. The average molecular weight is 245 g/mol. The summed E-state index contributed by atoms with van der Waals surface area (Å²) in [4.78, 5) is 22.2. The van der Waals surface area contributed by atoms with Crippen molar-refractivity contribution >= 4 is 23.2 Å². The zero-order valence-electron chi connectivity index (χ0n) is 10.6. The monoisotopic (exact) mass is 245 g/mol. The van der Waals surface area contributed by atoms with Crippen LogP contribution in [0.5, 0.6) is 0 Å². The maximum atomic E-state index is 11.2. The molecular formula is C14H15NO3. The fraction of sp³-hybridized carbons (Fsp3) is 0.286. The van der Waals surface area contributed by atoms with Crippen LogP contribution in [0.25, 0.3) is 10.9 Å². The maximum absolute atomic E-state index is 11.2. The number of hydrogen-bond donors (Lipinski definition) is 1. The van der Waals surface area contributed by atoms with Gasteiger partial charge in [-0.3, -0.25) is 4.79 Å². The van der Waals surface area contributed by atoms with Crippen molar-refractivity contribution in [2.75, 3.05) is 0 Å². The van der Waals surface area contributed by atoms with Crippen LogP contribution in [-0.4, -0.2) is 21.9 Å². The Labute approximate surface area is 105 Å². The summed E-state index contributed by atoms with van der Waals surface area (Å²) in [6.45, 7) is 5.95. The van der Waals surface area contributed by atoms with Gasteiger partial charge in [-0.15, -0.1) is 0 Å². The molecule has 1 aromatic heterocycles. The molecule has 4 nitrogen and oxygen atoms in total. The second kappa shape index (κ2) is 4.29. The van der Waals surface area contributed by atoms with Crippen LogP contribution in [0.15, 0.2) is 18.2 Å². The van der Waals surface area contributed by atoms with Crippen LogP contribution >= 0.6 is 0 Å². The number of carboxylic acids is 1. The molecule has 0 aliphatic heterocycles. The van der Waals surface area contributed by atoms with Crippen LogP contribution in [-0.2, 0) is 0 Å². The molecule has 0 aliphatic rings. The molecule has 0 saturated heterocycles. The van der Waals surface area contributed by atoms with E-state index in [0.717, 1.165) is 17.5 Å². The Morgan fingerprint density at radius 1 is 1.39 bits per heavy atom. The molecule has 0 fully saturated rings. The van der Waals surface area contributed by atoms with Crippen molar-refractivity contribution in [1.29, 1.82) is 0 Å². The normalized spacial score (nSPS) is 11.1. The molecular weight excluding hydrogens is 230 g/mol. The fourth-order valence-electron chi connectivity index (χ4n) is 2.41. The second-order valence-electron chi connectivity index (χ2n) is 4.62. The van der Waals surface area contributed by atoms with Crippen molar-refractivity contribution in [2.24, 2.45) is 0 Å². The predicted octanol–water partition coefficient (Wildman–Crippen LogP) is 3.04. The molecule has 0 amide bonds. The number of fused-ring (bicyclic) bond motifs is 1.